The minimum absolute atomic E-state index is 0.0154. The van der Waals surface area contributed by atoms with Crippen LogP contribution in [0, 0.1) is 10.8 Å². The highest BCUT2D eigenvalue weighted by atomic mass is 32.2. The molecule has 2 aromatic carbocycles. The number of thioether (sulfide) groups is 1. The van der Waals surface area contributed by atoms with Gasteiger partial charge in [0, 0.05) is 10.6 Å². The molecule has 0 radical (unpaired) electrons. The van der Waals surface area contributed by atoms with Gasteiger partial charge >= 0.3 is 0 Å². The summed E-state index contributed by atoms with van der Waals surface area (Å²) in [4.78, 5) is 2.76. The average Bonchev–Trinajstić information content (AvgIpc) is 3.08. The number of hydrogen-bond acceptors (Lipinski definition) is 7. The molecule has 0 saturated carbocycles. The summed E-state index contributed by atoms with van der Waals surface area (Å²) in [5, 5.41) is 20.2. The average molecular weight is 501 g/mol. The van der Waals surface area contributed by atoms with Crippen LogP contribution in [0.1, 0.15) is 71.4 Å². The first-order valence-corrected chi connectivity index (χ1v) is 13.8. The van der Waals surface area contributed by atoms with E-state index in [1.807, 2.05) is 24.3 Å². The van der Waals surface area contributed by atoms with E-state index < -0.39 is 0 Å². The van der Waals surface area contributed by atoms with Crippen LogP contribution in [0.4, 0.5) is 5.69 Å². The van der Waals surface area contributed by atoms with Gasteiger partial charge in [0.15, 0.2) is 0 Å². The third kappa shape index (κ3) is 5.66. The molecule has 0 fully saturated rings. The van der Waals surface area contributed by atoms with Crippen LogP contribution >= 0.6 is 23.5 Å². The second kappa shape index (κ2) is 11.9. The number of benzene rings is 2. The third-order valence-electron chi connectivity index (χ3n) is 5.52. The lowest BCUT2D eigenvalue weighted by molar-refractivity contribution is 0.193. The van der Waals surface area contributed by atoms with Crippen molar-refractivity contribution in [2.45, 2.75) is 87.2 Å². The van der Waals surface area contributed by atoms with Crippen molar-refractivity contribution in [3.8, 4) is 11.5 Å². The number of rotatable bonds is 12. The summed E-state index contributed by atoms with van der Waals surface area (Å²) in [5.41, 5.74) is 8.23. The molecule has 1 aliphatic rings. The van der Waals surface area contributed by atoms with Crippen molar-refractivity contribution < 1.29 is 9.47 Å². The van der Waals surface area contributed by atoms with Crippen molar-refractivity contribution in [1.29, 1.82) is 10.8 Å². The molecule has 2 unspecified atom stereocenters. The molecule has 0 aromatic heterocycles. The van der Waals surface area contributed by atoms with Crippen LogP contribution in [-0.4, -0.2) is 29.6 Å². The summed E-state index contributed by atoms with van der Waals surface area (Å²) in [5.74, 6) is 2.48. The van der Waals surface area contributed by atoms with Gasteiger partial charge in [-0.1, -0.05) is 57.5 Å². The number of ether oxygens (including phenoxy) is 2. The number of fused-ring (bicyclic) bond motifs is 1. The van der Waals surface area contributed by atoms with E-state index in [4.69, 9.17) is 26.0 Å². The van der Waals surface area contributed by atoms with Crippen molar-refractivity contribution in [2.24, 2.45) is 0 Å². The number of nitrogen functional groups attached to an aromatic ring is 1. The summed E-state index contributed by atoms with van der Waals surface area (Å²) >= 11 is 3.22. The number of hydrogen-bond donors (Lipinski definition) is 4. The third-order valence-corrected chi connectivity index (χ3v) is 7.80. The summed E-state index contributed by atoms with van der Waals surface area (Å²) in [7, 11) is 0. The monoisotopic (exact) mass is 500 g/mol. The predicted molar refractivity (Wildman–Crippen MR) is 145 cm³/mol. The molecule has 2 aromatic rings. The topological polar surface area (TPSA) is 104 Å². The molecular weight excluding hydrogens is 464 g/mol. The van der Waals surface area contributed by atoms with Crippen LogP contribution in [0.2, 0.25) is 0 Å². The van der Waals surface area contributed by atoms with Gasteiger partial charge in [0.25, 0.3) is 0 Å². The smallest absolute Gasteiger partial charge is 0.146 e. The van der Waals surface area contributed by atoms with Gasteiger partial charge in [-0.25, -0.2) is 0 Å². The standard InChI is InChI=1S/C26H36N4O2S2/c1-6-11-15(4)31-21-19-20(26(29)30-25(19)28)22(32-16(5)12-7-2)24(23(21)33-8-3)34-18-14-10-9-13-17(18)27/h9-10,13-16H,6-8,11-12,27H2,1-5H3,(H3,28,29,30). The Morgan fingerprint density at radius 3 is 1.91 bits per heavy atom. The number of nitrogens with two attached hydrogens (primary N) is 1. The molecule has 5 N–H and O–H groups in total. The van der Waals surface area contributed by atoms with Crippen molar-refractivity contribution >= 4 is 40.9 Å². The molecule has 6 nitrogen and oxygen atoms in total. The summed E-state index contributed by atoms with van der Waals surface area (Å²) in [6, 6.07) is 7.78. The van der Waals surface area contributed by atoms with Crippen LogP contribution in [0.25, 0.3) is 0 Å². The van der Waals surface area contributed by atoms with Gasteiger partial charge < -0.3 is 20.5 Å². The van der Waals surface area contributed by atoms with Crippen molar-refractivity contribution in [2.75, 3.05) is 11.5 Å². The van der Waals surface area contributed by atoms with Crippen LogP contribution in [0.3, 0.4) is 0 Å². The fourth-order valence-electron chi connectivity index (χ4n) is 4.00. The van der Waals surface area contributed by atoms with Gasteiger partial charge in [-0.2, -0.15) is 0 Å². The first-order chi connectivity index (χ1) is 16.3. The fraction of sp³-hybridized carbons (Fsp3) is 0.462. The summed E-state index contributed by atoms with van der Waals surface area (Å²) < 4.78 is 13.1. The Morgan fingerprint density at radius 2 is 1.41 bits per heavy atom. The van der Waals surface area contributed by atoms with Gasteiger partial charge in [-0.3, -0.25) is 10.8 Å². The van der Waals surface area contributed by atoms with Gasteiger partial charge in [0.2, 0.25) is 0 Å². The molecule has 34 heavy (non-hydrogen) atoms. The van der Waals surface area contributed by atoms with E-state index in [1.54, 1.807) is 23.5 Å². The zero-order valence-electron chi connectivity index (χ0n) is 20.7. The zero-order valence-corrected chi connectivity index (χ0v) is 22.3. The molecule has 2 atom stereocenters. The molecule has 0 amide bonds. The van der Waals surface area contributed by atoms with E-state index in [2.05, 4.69) is 39.9 Å². The Labute approximate surface area is 211 Å². The maximum absolute atomic E-state index is 8.67. The molecule has 1 aliphatic heterocycles. The number of para-hydroxylation sites is 1. The minimum Gasteiger partial charge on any atom is -0.489 e. The zero-order chi connectivity index (χ0) is 24.8. The Kier molecular flexibility index (Phi) is 9.19. The number of anilines is 1. The number of nitrogens with one attached hydrogen (secondary N) is 3. The van der Waals surface area contributed by atoms with Crippen molar-refractivity contribution in [3.63, 3.8) is 0 Å². The Morgan fingerprint density at radius 1 is 0.882 bits per heavy atom. The Balaban J connectivity index is 2.31. The van der Waals surface area contributed by atoms with E-state index >= 15 is 0 Å². The van der Waals surface area contributed by atoms with Crippen LogP contribution in [0.15, 0.2) is 39.0 Å². The molecular formula is C26H36N4O2S2. The Bertz CT molecular complexity index is 1060. The lowest BCUT2D eigenvalue weighted by Crippen LogP contribution is -2.21. The lowest BCUT2D eigenvalue weighted by atomic mass is 10.1. The number of amidine groups is 2. The second-order valence-corrected chi connectivity index (χ2v) is 10.8. The Hall–Kier alpha value is -2.32. The first kappa shape index (κ1) is 26.3. The molecule has 0 spiro atoms. The maximum Gasteiger partial charge on any atom is 0.146 e. The molecule has 0 saturated heterocycles. The van der Waals surface area contributed by atoms with Crippen molar-refractivity contribution in [3.05, 3.63) is 35.4 Å². The molecule has 184 valence electrons. The van der Waals surface area contributed by atoms with E-state index in [0.717, 1.165) is 46.1 Å². The first-order valence-electron chi connectivity index (χ1n) is 12.0. The van der Waals surface area contributed by atoms with Gasteiger partial charge in [0.05, 0.1) is 33.1 Å². The SMILES string of the molecule is CCCC(C)Oc1c(SCC)c(Sc2ccccc2N)c(OC(C)CCC)c2c1C(=N)NC2=N. The second-order valence-electron chi connectivity index (χ2n) is 8.45. The van der Waals surface area contributed by atoms with E-state index in [0.29, 0.717) is 28.3 Å². The lowest BCUT2D eigenvalue weighted by Gasteiger charge is -2.26. The molecule has 3 rings (SSSR count). The van der Waals surface area contributed by atoms with Gasteiger partial charge in [0.1, 0.15) is 23.2 Å². The van der Waals surface area contributed by atoms with E-state index in [9.17, 15) is 0 Å². The maximum atomic E-state index is 8.67. The molecule has 0 bridgehead atoms. The fourth-order valence-corrected chi connectivity index (χ4v) is 6.07. The largest absolute Gasteiger partial charge is 0.489 e. The van der Waals surface area contributed by atoms with Crippen LogP contribution < -0.4 is 20.5 Å². The van der Waals surface area contributed by atoms with Crippen LogP contribution in [-0.2, 0) is 0 Å². The highest BCUT2D eigenvalue weighted by Gasteiger charge is 2.36. The summed E-state index contributed by atoms with van der Waals surface area (Å²) in [6.07, 6.45) is 3.75. The van der Waals surface area contributed by atoms with E-state index in [1.165, 1.54) is 0 Å². The predicted octanol–water partition coefficient (Wildman–Crippen LogP) is 6.92. The van der Waals surface area contributed by atoms with Crippen molar-refractivity contribution in [1.82, 2.24) is 5.32 Å². The quantitative estimate of drug-likeness (QED) is 0.186. The highest BCUT2D eigenvalue weighted by Crippen LogP contribution is 2.53. The van der Waals surface area contributed by atoms with Gasteiger partial charge in [-0.15, -0.1) is 11.8 Å². The molecule has 8 heteroatoms. The van der Waals surface area contributed by atoms with Gasteiger partial charge in [-0.05, 0) is 44.6 Å². The summed E-state index contributed by atoms with van der Waals surface area (Å²) in [6.45, 7) is 10.5. The van der Waals surface area contributed by atoms with E-state index in [-0.39, 0.29) is 23.9 Å². The van der Waals surface area contributed by atoms with Crippen LogP contribution in [0.5, 0.6) is 11.5 Å². The normalized spacial score (nSPS) is 14.5. The molecule has 1 heterocycles. The minimum atomic E-state index is -0.0330. The highest BCUT2D eigenvalue weighted by molar-refractivity contribution is 8.02. The molecule has 0 aliphatic carbocycles.